The summed E-state index contributed by atoms with van der Waals surface area (Å²) in [6, 6.07) is 0. The average Bonchev–Trinajstić information content (AvgIpc) is 1.31. The molecule has 0 radical (unpaired) electrons. The first-order valence-electron chi connectivity index (χ1n) is 2.63. The van der Waals surface area contributed by atoms with Gasteiger partial charge >= 0.3 is 0 Å². The van der Waals surface area contributed by atoms with Gasteiger partial charge in [0, 0.05) is 14.2 Å². The molecule has 1 unspecified atom stereocenters. The largest absolute Gasteiger partial charge is 0.0900 e. The van der Waals surface area contributed by atoms with Gasteiger partial charge in [0.15, 0.2) is 0 Å². The SMILES string of the molecule is CC(C)C(C)([SiH3])Br. The summed E-state index contributed by atoms with van der Waals surface area (Å²) in [4.78, 5) is 0. The molecule has 0 nitrogen and oxygen atoms in total. The molecule has 0 aliphatic rings. The minimum atomic E-state index is 0.451. The molecule has 0 aliphatic heterocycles. The summed E-state index contributed by atoms with van der Waals surface area (Å²) < 4.78 is 0.451. The molecule has 7 heavy (non-hydrogen) atoms. The van der Waals surface area contributed by atoms with Crippen molar-refractivity contribution >= 4 is 26.2 Å². The van der Waals surface area contributed by atoms with Crippen molar-refractivity contribution in [2.45, 2.75) is 24.7 Å². The number of alkyl halides is 1. The van der Waals surface area contributed by atoms with Crippen LogP contribution in [0.2, 0.25) is 0 Å². The molecule has 0 saturated heterocycles. The maximum atomic E-state index is 3.60. The summed E-state index contributed by atoms with van der Waals surface area (Å²) in [5.41, 5.74) is 0. The highest BCUT2D eigenvalue weighted by molar-refractivity contribution is 9.10. The smallest absolute Gasteiger partial charge is 0.0240 e. The Balaban J connectivity index is 3.54. The van der Waals surface area contributed by atoms with E-state index in [1.54, 1.807) is 0 Å². The molecule has 0 aromatic rings. The summed E-state index contributed by atoms with van der Waals surface area (Å²) in [6.45, 7) is 6.72. The van der Waals surface area contributed by atoms with Gasteiger partial charge in [-0.15, -0.1) is 0 Å². The van der Waals surface area contributed by atoms with Crippen molar-refractivity contribution in [1.82, 2.24) is 0 Å². The van der Waals surface area contributed by atoms with Crippen molar-refractivity contribution in [2.24, 2.45) is 5.92 Å². The van der Waals surface area contributed by atoms with Gasteiger partial charge in [0.25, 0.3) is 0 Å². The van der Waals surface area contributed by atoms with Crippen LogP contribution in [0.4, 0.5) is 0 Å². The molecule has 0 N–H and O–H groups in total. The highest BCUT2D eigenvalue weighted by atomic mass is 79.9. The Morgan fingerprint density at radius 3 is 1.71 bits per heavy atom. The third-order valence-electron chi connectivity index (χ3n) is 1.37. The van der Waals surface area contributed by atoms with E-state index < -0.39 is 0 Å². The van der Waals surface area contributed by atoms with Crippen molar-refractivity contribution in [3.05, 3.63) is 0 Å². The number of rotatable bonds is 1. The molecule has 0 aromatic heterocycles. The van der Waals surface area contributed by atoms with E-state index in [-0.39, 0.29) is 0 Å². The van der Waals surface area contributed by atoms with E-state index >= 15 is 0 Å². The van der Waals surface area contributed by atoms with E-state index in [9.17, 15) is 0 Å². The highest BCUT2D eigenvalue weighted by Crippen LogP contribution is 2.21. The Hall–Kier alpha value is 0.697. The summed E-state index contributed by atoms with van der Waals surface area (Å²) in [5.74, 6) is 0.777. The van der Waals surface area contributed by atoms with E-state index in [0.29, 0.717) is 3.95 Å². The van der Waals surface area contributed by atoms with Gasteiger partial charge in [-0.25, -0.2) is 0 Å². The van der Waals surface area contributed by atoms with E-state index in [2.05, 4.69) is 36.7 Å². The molecule has 1 atom stereocenters. The van der Waals surface area contributed by atoms with E-state index in [0.717, 1.165) is 5.92 Å². The average molecular weight is 181 g/mol. The van der Waals surface area contributed by atoms with E-state index in [1.165, 1.54) is 10.2 Å². The first-order valence-corrected chi connectivity index (χ1v) is 4.43. The molecule has 0 spiro atoms. The third-order valence-corrected chi connectivity index (χ3v) is 3.44. The fourth-order valence-electron chi connectivity index (χ4n) is 0. The lowest BCUT2D eigenvalue weighted by Gasteiger charge is -2.20. The van der Waals surface area contributed by atoms with E-state index in [1.807, 2.05) is 0 Å². The molecule has 44 valence electrons. The van der Waals surface area contributed by atoms with Crippen LogP contribution >= 0.6 is 15.9 Å². The zero-order chi connectivity index (χ0) is 6.08. The molecule has 0 amide bonds. The van der Waals surface area contributed by atoms with Crippen LogP contribution in [-0.4, -0.2) is 14.2 Å². The fourth-order valence-corrected chi connectivity index (χ4v) is 0. The van der Waals surface area contributed by atoms with Crippen LogP contribution in [-0.2, 0) is 0 Å². The maximum Gasteiger partial charge on any atom is 0.0240 e. The van der Waals surface area contributed by atoms with Crippen LogP contribution in [0.25, 0.3) is 0 Å². The van der Waals surface area contributed by atoms with Crippen LogP contribution in [0.1, 0.15) is 20.8 Å². The van der Waals surface area contributed by atoms with Crippen LogP contribution in [0.15, 0.2) is 0 Å². The molecule has 0 bridgehead atoms. The predicted molar refractivity (Wildman–Crippen MR) is 42.1 cm³/mol. The molecule has 0 heterocycles. The molecule has 0 fully saturated rings. The summed E-state index contributed by atoms with van der Waals surface area (Å²) in [5, 5.41) is 0. The van der Waals surface area contributed by atoms with Crippen molar-refractivity contribution < 1.29 is 0 Å². The zero-order valence-corrected chi connectivity index (χ0v) is 9.04. The molecule has 0 saturated carbocycles. The van der Waals surface area contributed by atoms with Gasteiger partial charge in [-0.3, -0.25) is 0 Å². The lowest BCUT2D eigenvalue weighted by Crippen LogP contribution is -2.22. The normalized spacial score (nSPS) is 20.1. The molecular formula is C5H13BrSi. The topological polar surface area (TPSA) is 0 Å². The number of halogens is 1. The Morgan fingerprint density at radius 1 is 1.57 bits per heavy atom. The van der Waals surface area contributed by atoms with Gasteiger partial charge in [-0.05, 0) is 5.92 Å². The second-order valence-corrected chi connectivity index (χ2v) is 8.30. The first kappa shape index (κ1) is 7.70. The predicted octanol–water partition coefficient (Wildman–Crippen LogP) is 1.12. The second kappa shape index (κ2) is 2.31. The molecule has 0 rings (SSSR count). The van der Waals surface area contributed by atoms with Crippen molar-refractivity contribution in [2.75, 3.05) is 0 Å². The fraction of sp³-hybridized carbons (Fsp3) is 1.00. The number of hydrogen-bond acceptors (Lipinski definition) is 0. The second-order valence-electron chi connectivity index (χ2n) is 2.72. The minimum absolute atomic E-state index is 0.451. The Bertz CT molecular complexity index is 53.6. The van der Waals surface area contributed by atoms with Gasteiger partial charge in [0.05, 0.1) is 0 Å². The van der Waals surface area contributed by atoms with Crippen molar-refractivity contribution in [1.29, 1.82) is 0 Å². The summed E-state index contributed by atoms with van der Waals surface area (Å²) in [7, 11) is 1.23. The summed E-state index contributed by atoms with van der Waals surface area (Å²) >= 11 is 3.60. The van der Waals surface area contributed by atoms with Gasteiger partial charge in [0.1, 0.15) is 0 Å². The van der Waals surface area contributed by atoms with Crippen LogP contribution in [0.3, 0.4) is 0 Å². The Kier molecular flexibility index (Phi) is 2.54. The van der Waals surface area contributed by atoms with Crippen LogP contribution in [0, 0.1) is 5.92 Å². The maximum absolute atomic E-state index is 3.60. The zero-order valence-electron chi connectivity index (χ0n) is 5.46. The Labute approximate surface area is 57.2 Å². The lowest BCUT2D eigenvalue weighted by molar-refractivity contribution is 0.604. The monoisotopic (exact) mass is 180 g/mol. The molecule has 0 aliphatic carbocycles. The van der Waals surface area contributed by atoms with Gasteiger partial charge in [-0.2, -0.15) is 0 Å². The van der Waals surface area contributed by atoms with E-state index in [4.69, 9.17) is 0 Å². The molecular weight excluding hydrogens is 168 g/mol. The highest BCUT2D eigenvalue weighted by Gasteiger charge is 2.16. The van der Waals surface area contributed by atoms with Gasteiger partial charge in [0.2, 0.25) is 0 Å². The molecule has 2 heteroatoms. The Morgan fingerprint density at radius 2 is 1.71 bits per heavy atom. The minimum Gasteiger partial charge on any atom is -0.0900 e. The van der Waals surface area contributed by atoms with Crippen LogP contribution in [0.5, 0.6) is 0 Å². The summed E-state index contributed by atoms with van der Waals surface area (Å²) in [6.07, 6.45) is 0. The first-order chi connectivity index (χ1) is 2.94. The van der Waals surface area contributed by atoms with Crippen molar-refractivity contribution in [3.63, 3.8) is 0 Å². The van der Waals surface area contributed by atoms with Gasteiger partial charge < -0.3 is 0 Å². The third kappa shape index (κ3) is 3.29. The quantitative estimate of drug-likeness (QED) is 0.420. The number of hydrogen-bond donors (Lipinski definition) is 0. The van der Waals surface area contributed by atoms with Gasteiger partial charge in [-0.1, -0.05) is 36.7 Å². The van der Waals surface area contributed by atoms with Crippen molar-refractivity contribution in [3.8, 4) is 0 Å². The lowest BCUT2D eigenvalue weighted by atomic mass is 10.1. The molecule has 0 aromatic carbocycles. The van der Waals surface area contributed by atoms with Crippen LogP contribution < -0.4 is 0 Å². The standard InChI is InChI=1S/C5H13BrSi/c1-4(2)5(3,6)7/h4H,1-3,7H3.